The van der Waals surface area contributed by atoms with Gasteiger partial charge in [-0.15, -0.1) is 0 Å². The molecular formula is C10H16O. The average Bonchev–Trinajstić information content (AvgIpc) is 2.32. The Bertz CT molecular complexity index is 183. The van der Waals surface area contributed by atoms with Crippen LogP contribution in [0.1, 0.15) is 33.1 Å². The van der Waals surface area contributed by atoms with Crippen molar-refractivity contribution in [1.82, 2.24) is 0 Å². The lowest BCUT2D eigenvalue weighted by atomic mass is 9.79. The molecule has 2 aliphatic rings. The van der Waals surface area contributed by atoms with E-state index in [-0.39, 0.29) is 0 Å². The van der Waals surface area contributed by atoms with Crippen molar-refractivity contribution in [2.75, 3.05) is 0 Å². The van der Waals surface area contributed by atoms with E-state index in [1.807, 2.05) is 6.26 Å². The summed E-state index contributed by atoms with van der Waals surface area (Å²) in [4.78, 5) is 0. The topological polar surface area (TPSA) is 9.23 Å². The molecule has 1 fully saturated rings. The van der Waals surface area contributed by atoms with E-state index in [1.54, 1.807) is 0 Å². The number of hydrogen-bond acceptors (Lipinski definition) is 1. The highest BCUT2D eigenvalue weighted by Crippen LogP contribution is 2.38. The summed E-state index contributed by atoms with van der Waals surface area (Å²) in [5.41, 5.74) is 1.46. The lowest BCUT2D eigenvalue weighted by Gasteiger charge is -2.29. The maximum atomic E-state index is 5.58. The Balaban J connectivity index is 2.05. The molecular weight excluding hydrogens is 136 g/mol. The highest BCUT2D eigenvalue weighted by molar-refractivity contribution is 5.09. The molecule has 0 aromatic rings. The highest BCUT2D eigenvalue weighted by atomic mass is 16.5. The lowest BCUT2D eigenvalue weighted by molar-refractivity contribution is 0.0777. The SMILES string of the molecule is CC1=COC2CC(C)CCC12. The van der Waals surface area contributed by atoms with Gasteiger partial charge in [-0.1, -0.05) is 6.92 Å². The first-order valence-electron chi connectivity index (χ1n) is 4.59. The maximum absolute atomic E-state index is 5.58. The average molecular weight is 152 g/mol. The predicted molar refractivity (Wildman–Crippen MR) is 45.1 cm³/mol. The molecule has 2 rings (SSSR count). The standard InChI is InChI=1S/C10H16O/c1-7-3-4-9-8(2)6-11-10(9)5-7/h6-7,9-10H,3-5H2,1-2H3. The molecule has 0 bridgehead atoms. The van der Waals surface area contributed by atoms with Crippen molar-refractivity contribution in [2.45, 2.75) is 39.2 Å². The van der Waals surface area contributed by atoms with Crippen molar-refractivity contribution < 1.29 is 4.74 Å². The van der Waals surface area contributed by atoms with Crippen LogP contribution >= 0.6 is 0 Å². The van der Waals surface area contributed by atoms with Crippen molar-refractivity contribution in [3.63, 3.8) is 0 Å². The molecule has 0 radical (unpaired) electrons. The van der Waals surface area contributed by atoms with Crippen molar-refractivity contribution in [3.8, 4) is 0 Å². The molecule has 0 aromatic heterocycles. The monoisotopic (exact) mass is 152 g/mol. The largest absolute Gasteiger partial charge is 0.497 e. The fourth-order valence-electron chi connectivity index (χ4n) is 2.28. The summed E-state index contributed by atoms with van der Waals surface area (Å²) in [6, 6.07) is 0. The van der Waals surface area contributed by atoms with E-state index < -0.39 is 0 Å². The van der Waals surface area contributed by atoms with Crippen LogP contribution in [0.3, 0.4) is 0 Å². The minimum Gasteiger partial charge on any atom is -0.497 e. The Labute approximate surface area is 68.4 Å². The van der Waals surface area contributed by atoms with Gasteiger partial charge in [-0.05, 0) is 37.7 Å². The van der Waals surface area contributed by atoms with Crippen molar-refractivity contribution in [2.24, 2.45) is 11.8 Å². The molecule has 1 saturated carbocycles. The van der Waals surface area contributed by atoms with Crippen LogP contribution in [-0.4, -0.2) is 6.10 Å². The zero-order valence-electron chi connectivity index (χ0n) is 7.34. The summed E-state index contributed by atoms with van der Waals surface area (Å²) in [5.74, 6) is 1.63. The number of rotatable bonds is 0. The molecule has 0 amide bonds. The van der Waals surface area contributed by atoms with Gasteiger partial charge >= 0.3 is 0 Å². The second-order valence-corrected chi connectivity index (χ2v) is 4.06. The summed E-state index contributed by atoms with van der Waals surface area (Å²) in [6.45, 7) is 4.52. The van der Waals surface area contributed by atoms with Crippen LogP contribution in [0.15, 0.2) is 11.8 Å². The van der Waals surface area contributed by atoms with Crippen LogP contribution in [0.4, 0.5) is 0 Å². The molecule has 0 aromatic carbocycles. The van der Waals surface area contributed by atoms with Crippen LogP contribution in [0.2, 0.25) is 0 Å². The van der Waals surface area contributed by atoms with Gasteiger partial charge in [0.1, 0.15) is 6.10 Å². The van der Waals surface area contributed by atoms with Gasteiger partial charge in [0, 0.05) is 5.92 Å². The van der Waals surface area contributed by atoms with Gasteiger partial charge in [-0.3, -0.25) is 0 Å². The van der Waals surface area contributed by atoms with Gasteiger partial charge in [0.2, 0.25) is 0 Å². The lowest BCUT2D eigenvalue weighted by Crippen LogP contribution is -2.26. The second-order valence-electron chi connectivity index (χ2n) is 4.06. The Morgan fingerprint density at radius 2 is 2.27 bits per heavy atom. The molecule has 1 heteroatoms. The number of fused-ring (bicyclic) bond motifs is 1. The third-order valence-electron chi connectivity index (χ3n) is 3.07. The first kappa shape index (κ1) is 7.20. The Hall–Kier alpha value is -0.460. The van der Waals surface area contributed by atoms with E-state index in [0.717, 1.165) is 11.8 Å². The number of hydrogen-bond donors (Lipinski definition) is 0. The highest BCUT2D eigenvalue weighted by Gasteiger charge is 2.33. The van der Waals surface area contributed by atoms with Crippen LogP contribution in [0.25, 0.3) is 0 Å². The van der Waals surface area contributed by atoms with Gasteiger partial charge in [0.05, 0.1) is 6.26 Å². The molecule has 62 valence electrons. The minimum absolute atomic E-state index is 0.527. The molecule has 3 atom stereocenters. The fourth-order valence-corrected chi connectivity index (χ4v) is 2.28. The van der Waals surface area contributed by atoms with Crippen LogP contribution in [0, 0.1) is 11.8 Å². The third-order valence-corrected chi connectivity index (χ3v) is 3.07. The van der Waals surface area contributed by atoms with Gasteiger partial charge in [0.25, 0.3) is 0 Å². The zero-order valence-corrected chi connectivity index (χ0v) is 7.34. The molecule has 0 N–H and O–H groups in total. The van der Waals surface area contributed by atoms with Crippen molar-refractivity contribution in [3.05, 3.63) is 11.8 Å². The second kappa shape index (κ2) is 2.54. The molecule has 1 aliphatic carbocycles. The summed E-state index contributed by atoms with van der Waals surface area (Å²) >= 11 is 0. The van der Waals surface area contributed by atoms with Crippen molar-refractivity contribution >= 4 is 0 Å². The Morgan fingerprint density at radius 1 is 1.45 bits per heavy atom. The van der Waals surface area contributed by atoms with E-state index in [1.165, 1.54) is 24.8 Å². The maximum Gasteiger partial charge on any atom is 0.105 e. The summed E-state index contributed by atoms with van der Waals surface area (Å²) in [7, 11) is 0. The first-order valence-corrected chi connectivity index (χ1v) is 4.59. The van der Waals surface area contributed by atoms with Gasteiger partial charge in [0.15, 0.2) is 0 Å². The van der Waals surface area contributed by atoms with Crippen LogP contribution in [0.5, 0.6) is 0 Å². The van der Waals surface area contributed by atoms with Gasteiger partial charge < -0.3 is 4.74 Å². The zero-order chi connectivity index (χ0) is 7.84. The molecule has 0 spiro atoms. The molecule has 1 nitrogen and oxygen atoms in total. The summed E-state index contributed by atoms with van der Waals surface area (Å²) in [5, 5.41) is 0. The van der Waals surface area contributed by atoms with Crippen molar-refractivity contribution in [1.29, 1.82) is 0 Å². The van der Waals surface area contributed by atoms with E-state index in [4.69, 9.17) is 4.74 Å². The van der Waals surface area contributed by atoms with E-state index >= 15 is 0 Å². The van der Waals surface area contributed by atoms with E-state index in [9.17, 15) is 0 Å². The number of ether oxygens (including phenoxy) is 1. The van der Waals surface area contributed by atoms with E-state index in [0.29, 0.717) is 6.10 Å². The normalized spacial score (nSPS) is 42.7. The minimum atomic E-state index is 0.527. The summed E-state index contributed by atoms with van der Waals surface area (Å²) < 4.78 is 5.58. The smallest absolute Gasteiger partial charge is 0.105 e. The Morgan fingerprint density at radius 3 is 3.09 bits per heavy atom. The fraction of sp³-hybridized carbons (Fsp3) is 0.800. The quantitative estimate of drug-likeness (QED) is 0.518. The van der Waals surface area contributed by atoms with E-state index in [2.05, 4.69) is 13.8 Å². The summed E-state index contributed by atoms with van der Waals surface area (Å²) in [6.07, 6.45) is 6.48. The predicted octanol–water partition coefficient (Wildman–Crippen LogP) is 2.73. The molecule has 3 unspecified atom stereocenters. The van der Waals surface area contributed by atoms with Gasteiger partial charge in [-0.2, -0.15) is 0 Å². The van der Waals surface area contributed by atoms with Crippen LogP contribution in [-0.2, 0) is 4.74 Å². The Kier molecular flexibility index (Phi) is 1.67. The molecule has 0 saturated heterocycles. The van der Waals surface area contributed by atoms with Crippen LogP contribution < -0.4 is 0 Å². The van der Waals surface area contributed by atoms with Gasteiger partial charge in [-0.25, -0.2) is 0 Å². The molecule has 1 aliphatic heterocycles. The third kappa shape index (κ3) is 1.17. The molecule has 11 heavy (non-hydrogen) atoms. The molecule has 1 heterocycles. The first-order chi connectivity index (χ1) is 5.27.